The van der Waals surface area contributed by atoms with Crippen LogP contribution >= 0.6 is 0 Å². The third-order valence-corrected chi connectivity index (χ3v) is 2.65. The van der Waals surface area contributed by atoms with Gasteiger partial charge in [0.1, 0.15) is 11.5 Å². The van der Waals surface area contributed by atoms with Crippen LogP contribution in [0.2, 0.25) is 0 Å². The molecule has 1 aliphatic rings. The van der Waals surface area contributed by atoms with Gasteiger partial charge in [0.05, 0.1) is 5.71 Å². The van der Waals surface area contributed by atoms with Gasteiger partial charge < -0.3 is 9.62 Å². The lowest BCUT2D eigenvalue weighted by atomic mass is 9.96. The summed E-state index contributed by atoms with van der Waals surface area (Å²) in [4.78, 5) is 0. The highest BCUT2D eigenvalue weighted by molar-refractivity contribution is 6.02. The zero-order chi connectivity index (χ0) is 10.1. The third kappa shape index (κ3) is 1.43. The largest absolute Gasteiger partial charge is 0.465 e. The van der Waals surface area contributed by atoms with E-state index in [1.165, 1.54) is 0 Å². The Balaban J connectivity index is 2.43. The van der Waals surface area contributed by atoms with Crippen molar-refractivity contribution in [2.24, 2.45) is 5.16 Å². The molecule has 0 radical (unpaired) electrons. The summed E-state index contributed by atoms with van der Waals surface area (Å²) in [6.45, 7) is 4.19. The molecule has 3 heteroatoms. The maximum atomic E-state index is 8.83. The summed E-state index contributed by atoms with van der Waals surface area (Å²) in [6.07, 6.45) is 2.82. The Bertz CT molecular complexity index is 363. The molecule has 0 saturated heterocycles. The van der Waals surface area contributed by atoms with Crippen LogP contribution in [0.5, 0.6) is 0 Å². The molecule has 0 atom stereocenters. The van der Waals surface area contributed by atoms with E-state index < -0.39 is 0 Å². The van der Waals surface area contributed by atoms with E-state index in [2.05, 4.69) is 19.0 Å². The van der Waals surface area contributed by atoms with Gasteiger partial charge in [-0.25, -0.2) is 0 Å². The van der Waals surface area contributed by atoms with E-state index in [0.717, 1.165) is 42.1 Å². The number of hydrogen-bond donors (Lipinski definition) is 1. The minimum Gasteiger partial charge on any atom is -0.465 e. The Hall–Kier alpha value is -1.25. The van der Waals surface area contributed by atoms with Crippen LogP contribution in [-0.4, -0.2) is 10.9 Å². The summed E-state index contributed by atoms with van der Waals surface area (Å²) in [5.74, 6) is 2.35. The lowest BCUT2D eigenvalue weighted by molar-refractivity contribution is 0.317. The molecule has 0 spiro atoms. The van der Waals surface area contributed by atoms with Gasteiger partial charge in [-0.2, -0.15) is 0 Å². The van der Waals surface area contributed by atoms with Gasteiger partial charge >= 0.3 is 0 Å². The molecule has 1 aromatic heterocycles. The summed E-state index contributed by atoms with van der Waals surface area (Å²) in [5.41, 5.74) is 1.77. The first-order valence-corrected chi connectivity index (χ1v) is 5.06. The maximum absolute atomic E-state index is 8.83. The maximum Gasteiger partial charge on any atom is 0.113 e. The van der Waals surface area contributed by atoms with E-state index in [1.54, 1.807) is 0 Å². The molecule has 0 fully saturated rings. The molecule has 0 aromatic carbocycles. The van der Waals surface area contributed by atoms with E-state index in [9.17, 15) is 0 Å². The Morgan fingerprint density at radius 2 is 2.21 bits per heavy atom. The van der Waals surface area contributed by atoms with Crippen LogP contribution in [0.15, 0.2) is 15.6 Å². The van der Waals surface area contributed by atoms with Crippen molar-refractivity contribution in [1.82, 2.24) is 0 Å². The minimum atomic E-state index is 0.389. The molecule has 0 aliphatic heterocycles. The number of fused-ring (bicyclic) bond motifs is 1. The van der Waals surface area contributed by atoms with E-state index in [4.69, 9.17) is 9.62 Å². The van der Waals surface area contributed by atoms with Crippen molar-refractivity contribution >= 4 is 5.71 Å². The van der Waals surface area contributed by atoms with E-state index in [0.29, 0.717) is 5.92 Å². The van der Waals surface area contributed by atoms with Crippen molar-refractivity contribution in [2.75, 3.05) is 0 Å². The van der Waals surface area contributed by atoms with Crippen LogP contribution in [0.1, 0.15) is 49.7 Å². The van der Waals surface area contributed by atoms with E-state index in [-0.39, 0.29) is 0 Å². The second kappa shape index (κ2) is 3.48. The molecule has 1 N–H and O–H groups in total. The topological polar surface area (TPSA) is 45.7 Å². The Kier molecular flexibility index (Phi) is 2.32. The van der Waals surface area contributed by atoms with Gasteiger partial charge in [0.2, 0.25) is 0 Å². The SMILES string of the molecule is CC(C)c1cc2c(o1)CCC/C2=N/O. The van der Waals surface area contributed by atoms with Crippen LogP contribution in [-0.2, 0) is 6.42 Å². The molecule has 0 saturated carbocycles. The smallest absolute Gasteiger partial charge is 0.113 e. The first kappa shape index (κ1) is 9.31. The lowest BCUT2D eigenvalue weighted by Crippen LogP contribution is -2.09. The zero-order valence-electron chi connectivity index (χ0n) is 8.58. The summed E-state index contributed by atoms with van der Waals surface area (Å²) in [5, 5.41) is 12.2. The van der Waals surface area contributed by atoms with Gasteiger partial charge in [-0.3, -0.25) is 0 Å². The van der Waals surface area contributed by atoms with Gasteiger partial charge in [-0.05, 0) is 18.9 Å². The number of oxime groups is 1. The van der Waals surface area contributed by atoms with Gasteiger partial charge in [0.15, 0.2) is 0 Å². The van der Waals surface area contributed by atoms with Crippen molar-refractivity contribution in [3.05, 3.63) is 23.2 Å². The quantitative estimate of drug-likeness (QED) is 0.550. The zero-order valence-corrected chi connectivity index (χ0v) is 8.58. The van der Waals surface area contributed by atoms with E-state index >= 15 is 0 Å². The van der Waals surface area contributed by atoms with E-state index in [1.807, 2.05) is 6.07 Å². The highest BCUT2D eigenvalue weighted by Gasteiger charge is 2.21. The van der Waals surface area contributed by atoms with Crippen molar-refractivity contribution in [1.29, 1.82) is 0 Å². The molecule has 3 nitrogen and oxygen atoms in total. The van der Waals surface area contributed by atoms with Gasteiger partial charge in [-0.1, -0.05) is 19.0 Å². The molecular formula is C11H15NO2. The van der Waals surface area contributed by atoms with Crippen LogP contribution in [0.3, 0.4) is 0 Å². The molecule has 1 aromatic rings. The first-order chi connectivity index (χ1) is 6.72. The molecule has 2 rings (SSSR count). The fraction of sp³-hybridized carbons (Fsp3) is 0.545. The van der Waals surface area contributed by atoms with Crippen LogP contribution < -0.4 is 0 Å². The second-order valence-electron chi connectivity index (χ2n) is 4.04. The Morgan fingerprint density at radius 3 is 2.86 bits per heavy atom. The van der Waals surface area contributed by atoms with Crippen molar-refractivity contribution in [3.63, 3.8) is 0 Å². The standard InChI is InChI=1S/C11H15NO2/c1-7(2)11-6-8-9(12-13)4-3-5-10(8)14-11/h6-7,13H,3-5H2,1-2H3/b12-9-. The summed E-state index contributed by atoms with van der Waals surface area (Å²) < 4.78 is 5.71. The van der Waals surface area contributed by atoms with Gasteiger partial charge in [0.25, 0.3) is 0 Å². The molecule has 14 heavy (non-hydrogen) atoms. The van der Waals surface area contributed by atoms with Crippen molar-refractivity contribution < 1.29 is 9.62 Å². The summed E-state index contributed by atoms with van der Waals surface area (Å²) in [7, 11) is 0. The predicted molar refractivity (Wildman–Crippen MR) is 54.1 cm³/mol. The fourth-order valence-electron chi connectivity index (χ4n) is 1.82. The first-order valence-electron chi connectivity index (χ1n) is 5.06. The molecule has 1 aliphatic carbocycles. The molecule has 0 amide bonds. The number of rotatable bonds is 1. The van der Waals surface area contributed by atoms with Crippen molar-refractivity contribution in [2.45, 2.75) is 39.0 Å². The van der Waals surface area contributed by atoms with Gasteiger partial charge in [-0.15, -0.1) is 0 Å². The monoisotopic (exact) mass is 193 g/mol. The molecule has 0 bridgehead atoms. The highest BCUT2D eigenvalue weighted by Crippen LogP contribution is 2.28. The lowest BCUT2D eigenvalue weighted by Gasteiger charge is -2.09. The number of hydrogen-bond acceptors (Lipinski definition) is 3. The molecule has 0 unspecified atom stereocenters. The number of aryl methyl sites for hydroxylation is 1. The Labute approximate surface area is 83.4 Å². The normalized spacial score (nSPS) is 18.9. The fourth-order valence-corrected chi connectivity index (χ4v) is 1.82. The molecular weight excluding hydrogens is 178 g/mol. The van der Waals surface area contributed by atoms with Gasteiger partial charge in [0, 0.05) is 17.9 Å². The Morgan fingerprint density at radius 1 is 1.43 bits per heavy atom. The second-order valence-corrected chi connectivity index (χ2v) is 4.04. The molecule has 76 valence electrons. The highest BCUT2D eigenvalue weighted by atomic mass is 16.4. The summed E-state index contributed by atoms with van der Waals surface area (Å²) >= 11 is 0. The summed E-state index contributed by atoms with van der Waals surface area (Å²) in [6, 6.07) is 2.01. The molecule has 1 heterocycles. The number of nitrogens with zero attached hydrogens (tertiary/aromatic N) is 1. The van der Waals surface area contributed by atoms with Crippen LogP contribution in [0.25, 0.3) is 0 Å². The number of furan rings is 1. The predicted octanol–water partition coefficient (Wildman–Crippen LogP) is 2.92. The van der Waals surface area contributed by atoms with Crippen molar-refractivity contribution in [3.8, 4) is 0 Å². The average molecular weight is 193 g/mol. The van der Waals surface area contributed by atoms with Crippen LogP contribution in [0, 0.1) is 0 Å². The average Bonchev–Trinajstić information content (AvgIpc) is 2.60. The van der Waals surface area contributed by atoms with Crippen LogP contribution in [0.4, 0.5) is 0 Å². The third-order valence-electron chi connectivity index (χ3n) is 2.65. The minimum absolute atomic E-state index is 0.389.